The minimum Gasteiger partial charge on any atom is -0.348 e. The van der Waals surface area contributed by atoms with Gasteiger partial charge in [0, 0.05) is 11.4 Å². The molecule has 70 valence electrons. The largest absolute Gasteiger partial charge is 0.348 e. The standard InChI is InChI=1S/C10H13NOS/c1-4-5-11-10(12)9-6-7(2)8(3)13-9/h4,6H,1,5H2,2-3H3,(H,11,12). The molecule has 0 aliphatic rings. The number of thiophene rings is 1. The molecule has 0 atom stereocenters. The van der Waals surface area contributed by atoms with Crippen molar-refractivity contribution in [2.75, 3.05) is 6.54 Å². The van der Waals surface area contributed by atoms with Gasteiger partial charge in [0.2, 0.25) is 0 Å². The average molecular weight is 195 g/mol. The van der Waals surface area contributed by atoms with Crippen LogP contribution in [-0.4, -0.2) is 12.5 Å². The SMILES string of the molecule is C=CCNC(=O)c1cc(C)c(C)s1. The van der Waals surface area contributed by atoms with Crippen molar-refractivity contribution >= 4 is 17.2 Å². The van der Waals surface area contributed by atoms with E-state index in [4.69, 9.17) is 0 Å². The molecule has 0 aliphatic heterocycles. The highest BCUT2D eigenvalue weighted by atomic mass is 32.1. The summed E-state index contributed by atoms with van der Waals surface area (Å²) in [4.78, 5) is 13.4. The van der Waals surface area contributed by atoms with Gasteiger partial charge in [-0.15, -0.1) is 17.9 Å². The van der Waals surface area contributed by atoms with Crippen molar-refractivity contribution in [1.29, 1.82) is 0 Å². The van der Waals surface area contributed by atoms with E-state index in [1.54, 1.807) is 6.08 Å². The summed E-state index contributed by atoms with van der Waals surface area (Å²) in [5, 5.41) is 2.74. The van der Waals surface area contributed by atoms with Crippen LogP contribution < -0.4 is 5.32 Å². The van der Waals surface area contributed by atoms with Crippen molar-refractivity contribution in [2.45, 2.75) is 13.8 Å². The van der Waals surface area contributed by atoms with Gasteiger partial charge in [0.05, 0.1) is 4.88 Å². The smallest absolute Gasteiger partial charge is 0.261 e. The molecule has 1 amide bonds. The predicted molar refractivity (Wildman–Crippen MR) is 56.3 cm³/mol. The third-order valence-corrected chi connectivity index (χ3v) is 2.95. The van der Waals surface area contributed by atoms with E-state index in [1.165, 1.54) is 21.8 Å². The second-order valence-corrected chi connectivity index (χ2v) is 4.10. The van der Waals surface area contributed by atoms with E-state index < -0.39 is 0 Å². The highest BCUT2D eigenvalue weighted by molar-refractivity contribution is 7.14. The molecule has 1 aromatic heterocycles. The monoisotopic (exact) mass is 195 g/mol. The Kier molecular flexibility index (Phi) is 3.25. The summed E-state index contributed by atoms with van der Waals surface area (Å²) in [5.74, 6) is -0.0129. The number of amides is 1. The van der Waals surface area contributed by atoms with Gasteiger partial charge in [-0.2, -0.15) is 0 Å². The summed E-state index contributed by atoms with van der Waals surface area (Å²) in [6, 6.07) is 1.92. The molecule has 1 rings (SSSR count). The first-order valence-corrected chi connectivity index (χ1v) is 4.93. The van der Waals surface area contributed by atoms with E-state index in [1.807, 2.05) is 19.9 Å². The van der Waals surface area contributed by atoms with Gasteiger partial charge >= 0.3 is 0 Å². The van der Waals surface area contributed by atoms with Crippen molar-refractivity contribution in [2.24, 2.45) is 0 Å². The number of aryl methyl sites for hydroxylation is 2. The molecular weight excluding hydrogens is 182 g/mol. The van der Waals surface area contributed by atoms with Crippen LogP contribution >= 0.6 is 11.3 Å². The van der Waals surface area contributed by atoms with E-state index in [0.29, 0.717) is 6.54 Å². The first kappa shape index (κ1) is 9.99. The Morgan fingerprint density at radius 2 is 2.38 bits per heavy atom. The Morgan fingerprint density at radius 3 is 2.85 bits per heavy atom. The van der Waals surface area contributed by atoms with Gasteiger partial charge in [-0.25, -0.2) is 0 Å². The number of carbonyl (C=O) groups is 1. The molecular formula is C10H13NOS. The van der Waals surface area contributed by atoms with Crippen molar-refractivity contribution in [3.63, 3.8) is 0 Å². The first-order valence-electron chi connectivity index (χ1n) is 4.11. The highest BCUT2D eigenvalue weighted by Crippen LogP contribution is 2.20. The molecule has 2 nitrogen and oxygen atoms in total. The van der Waals surface area contributed by atoms with E-state index >= 15 is 0 Å². The van der Waals surface area contributed by atoms with Crippen molar-refractivity contribution in [1.82, 2.24) is 5.32 Å². The Labute approximate surface area is 82.3 Å². The molecule has 0 fully saturated rings. The molecule has 0 saturated carbocycles. The van der Waals surface area contributed by atoms with E-state index in [-0.39, 0.29) is 5.91 Å². The molecule has 1 aromatic rings. The maximum absolute atomic E-state index is 11.4. The van der Waals surface area contributed by atoms with Crippen molar-refractivity contribution in [3.8, 4) is 0 Å². The van der Waals surface area contributed by atoms with Crippen LogP contribution in [0.15, 0.2) is 18.7 Å². The summed E-state index contributed by atoms with van der Waals surface area (Å²) >= 11 is 1.53. The van der Waals surface area contributed by atoms with Crippen LogP contribution in [0.25, 0.3) is 0 Å². The Morgan fingerprint density at radius 1 is 1.69 bits per heavy atom. The number of hydrogen-bond donors (Lipinski definition) is 1. The zero-order valence-corrected chi connectivity index (χ0v) is 8.70. The summed E-state index contributed by atoms with van der Waals surface area (Å²) in [6.07, 6.45) is 1.67. The lowest BCUT2D eigenvalue weighted by Gasteiger charge is -1.97. The zero-order chi connectivity index (χ0) is 9.84. The number of hydrogen-bond acceptors (Lipinski definition) is 2. The normalized spacial score (nSPS) is 9.69. The first-order chi connectivity index (χ1) is 6.15. The average Bonchev–Trinajstić information content (AvgIpc) is 2.43. The molecule has 3 heteroatoms. The Bertz CT molecular complexity index is 308. The third kappa shape index (κ3) is 2.42. The maximum Gasteiger partial charge on any atom is 0.261 e. The number of rotatable bonds is 3. The minimum absolute atomic E-state index is 0.0129. The Hall–Kier alpha value is -1.09. The topological polar surface area (TPSA) is 29.1 Å². The van der Waals surface area contributed by atoms with Gasteiger partial charge in [0.1, 0.15) is 0 Å². The molecule has 0 spiro atoms. The van der Waals surface area contributed by atoms with Crippen LogP contribution in [0, 0.1) is 13.8 Å². The van der Waals surface area contributed by atoms with Crippen LogP contribution in [0.5, 0.6) is 0 Å². The minimum atomic E-state index is -0.0129. The maximum atomic E-state index is 11.4. The van der Waals surface area contributed by atoms with Gasteiger partial charge < -0.3 is 5.32 Å². The van der Waals surface area contributed by atoms with Crippen LogP contribution in [0.2, 0.25) is 0 Å². The molecule has 13 heavy (non-hydrogen) atoms. The molecule has 0 aromatic carbocycles. The second-order valence-electron chi connectivity index (χ2n) is 2.85. The van der Waals surface area contributed by atoms with Crippen LogP contribution in [0.3, 0.4) is 0 Å². The molecule has 0 aliphatic carbocycles. The fourth-order valence-electron chi connectivity index (χ4n) is 0.937. The van der Waals surface area contributed by atoms with Crippen LogP contribution in [-0.2, 0) is 0 Å². The van der Waals surface area contributed by atoms with Crippen molar-refractivity contribution in [3.05, 3.63) is 34.0 Å². The van der Waals surface area contributed by atoms with Crippen LogP contribution in [0.1, 0.15) is 20.1 Å². The van der Waals surface area contributed by atoms with Gasteiger partial charge in [0.15, 0.2) is 0 Å². The Balaban J connectivity index is 2.71. The lowest BCUT2D eigenvalue weighted by molar-refractivity contribution is 0.0962. The van der Waals surface area contributed by atoms with Crippen LogP contribution in [0.4, 0.5) is 0 Å². The molecule has 1 N–H and O–H groups in total. The summed E-state index contributed by atoms with van der Waals surface area (Å²) in [7, 11) is 0. The number of carbonyl (C=O) groups excluding carboxylic acids is 1. The lowest BCUT2D eigenvalue weighted by atomic mass is 10.3. The van der Waals surface area contributed by atoms with Gasteiger partial charge in [-0.05, 0) is 25.5 Å². The second kappa shape index (κ2) is 4.23. The predicted octanol–water partition coefficient (Wildman–Crippen LogP) is 2.28. The van der Waals surface area contributed by atoms with Gasteiger partial charge in [-0.1, -0.05) is 6.08 Å². The fourth-order valence-corrected chi connectivity index (χ4v) is 1.89. The molecule has 0 saturated heterocycles. The number of nitrogens with one attached hydrogen (secondary N) is 1. The van der Waals surface area contributed by atoms with Crippen molar-refractivity contribution < 1.29 is 4.79 Å². The van der Waals surface area contributed by atoms with Gasteiger partial charge in [0.25, 0.3) is 5.91 Å². The van der Waals surface area contributed by atoms with E-state index in [2.05, 4.69) is 11.9 Å². The zero-order valence-electron chi connectivity index (χ0n) is 7.89. The molecule has 0 radical (unpaired) electrons. The summed E-state index contributed by atoms with van der Waals surface area (Å²) in [5.41, 5.74) is 1.17. The third-order valence-electron chi connectivity index (χ3n) is 1.80. The molecule has 1 heterocycles. The molecule has 0 unspecified atom stereocenters. The summed E-state index contributed by atoms with van der Waals surface area (Å²) < 4.78 is 0. The fraction of sp³-hybridized carbons (Fsp3) is 0.300. The van der Waals surface area contributed by atoms with E-state index in [0.717, 1.165) is 4.88 Å². The van der Waals surface area contributed by atoms with Gasteiger partial charge in [-0.3, -0.25) is 4.79 Å². The highest BCUT2D eigenvalue weighted by Gasteiger charge is 2.08. The summed E-state index contributed by atoms with van der Waals surface area (Å²) in [6.45, 7) is 8.09. The lowest BCUT2D eigenvalue weighted by Crippen LogP contribution is -2.21. The molecule has 0 bridgehead atoms. The quantitative estimate of drug-likeness (QED) is 0.737. The van der Waals surface area contributed by atoms with E-state index in [9.17, 15) is 4.79 Å².